The molecule has 0 amide bonds. The van der Waals surface area contributed by atoms with Gasteiger partial charge in [-0.3, -0.25) is 10.1 Å². The van der Waals surface area contributed by atoms with Crippen LogP contribution in [0, 0.1) is 0 Å². The fourth-order valence-electron chi connectivity index (χ4n) is 7.38. The summed E-state index contributed by atoms with van der Waals surface area (Å²) in [5, 5.41) is 13.2. The van der Waals surface area contributed by atoms with E-state index in [0.717, 1.165) is 16.7 Å². The number of benzene rings is 4. The number of rotatable bonds is 7. The van der Waals surface area contributed by atoms with Crippen LogP contribution in [0.2, 0.25) is 0 Å². The minimum Gasteiger partial charge on any atom is -0.289 e. The first-order valence-electron chi connectivity index (χ1n) is 15.3. The average molecular weight is 646 g/mol. The Bertz CT molecular complexity index is 2230. The second kappa shape index (κ2) is 10.7. The van der Waals surface area contributed by atoms with Crippen LogP contribution < -0.4 is 5.32 Å². The molecular formula is C41H27NOS3. The van der Waals surface area contributed by atoms with Crippen LogP contribution in [0.4, 0.5) is 0 Å². The van der Waals surface area contributed by atoms with Crippen molar-refractivity contribution in [2.45, 2.75) is 11.1 Å². The maximum atomic E-state index is 14.2. The first-order valence-corrected chi connectivity index (χ1v) is 18.0. The average Bonchev–Trinajstić information content (AvgIpc) is 3.96. The monoisotopic (exact) mass is 645 g/mol. The Morgan fingerprint density at radius 2 is 1.24 bits per heavy atom. The molecule has 0 aliphatic carbocycles. The summed E-state index contributed by atoms with van der Waals surface area (Å²) in [7, 11) is 0. The van der Waals surface area contributed by atoms with Crippen molar-refractivity contribution >= 4 is 45.4 Å². The summed E-state index contributed by atoms with van der Waals surface area (Å²) in [6.45, 7) is 0. The third kappa shape index (κ3) is 3.93. The van der Waals surface area contributed by atoms with Crippen molar-refractivity contribution in [3.8, 4) is 21.6 Å². The highest BCUT2D eigenvalue weighted by molar-refractivity contribution is 7.17. The molecule has 2 unspecified atom stereocenters. The van der Waals surface area contributed by atoms with Gasteiger partial charge in [0.15, 0.2) is 5.78 Å². The van der Waals surface area contributed by atoms with Crippen LogP contribution in [0.5, 0.6) is 0 Å². The Morgan fingerprint density at radius 1 is 0.630 bits per heavy atom. The number of nitrogens with one attached hydrogen (secondary N) is 1. The lowest BCUT2D eigenvalue weighted by molar-refractivity contribution is 0.103. The Labute approximate surface area is 280 Å². The van der Waals surface area contributed by atoms with Crippen molar-refractivity contribution in [1.29, 1.82) is 0 Å². The van der Waals surface area contributed by atoms with Crippen molar-refractivity contribution in [3.63, 3.8) is 0 Å². The zero-order valence-electron chi connectivity index (χ0n) is 24.6. The molecule has 2 bridgehead atoms. The fraction of sp³-hybridized carbons (Fsp3) is 0.0488. The smallest absolute Gasteiger partial charge is 0.193 e. The SMILES string of the molecule is O=C(c1ccccc1)c1ccccc1C1=CC2(c3ccccc3)NC1(c1ccccc1)c1sc(-c3ccsc3)c(-c3ccsc3)c12. The lowest BCUT2D eigenvalue weighted by Gasteiger charge is -2.32. The quantitative estimate of drug-likeness (QED) is 0.175. The van der Waals surface area contributed by atoms with E-state index in [1.807, 2.05) is 53.8 Å². The molecule has 0 radical (unpaired) electrons. The van der Waals surface area contributed by atoms with E-state index in [2.05, 4.69) is 118 Å². The van der Waals surface area contributed by atoms with Gasteiger partial charge in [0.25, 0.3) is 0 Å². The second-order valence-corrected chi connectivity index (χ2v) is 14.3. The molecule has 46 heavy (non-hydrogen) atoms. The Morgan fingerprint density at radius 3 is 1.91 bits per heavy atom. The molecule has 1 N–H and O–H groups in total. The molecule has 2 nitrogen and oxygen atoms in total. The van der Waals surface area contributed by atoms with Crippen LogP contribution in [0.25, 0.3) is 27.1 Å². The summed E-state index contributed by atoms with van der Waals surface area (Å²) in [6, 6.07) is 43.8. The first kappa shape index (κ1) is 27.6. The van der Waals surface area contributed by atoms with E-state index < -0.39 is 11.1 Å². The largest absolute Gasteiger partial charge is 0.289 e. The highest BCUT2D eigenvalue weighted by atomic mass is 32.1. The number of carbonyl (C=O) groups excluding carboxylic acids is 1. The van der Waals surface area contributed by atoms with Crippen LogP contribution in [0.15, 0.2) is 155 Å². The Kier molecular flexibility index (Phi) is 6.44. The highest BCUT2D eigenvalue weighted by Gasteiger charge is 2.62. The molecule has 5 heteroatoms. The molecule has 7 aromatic rings. The lowest BCUT2D eigenvalue weighted by Crippen LogP contribution is -2.43. The maximum Gasteiger partial charge on any atom is 0.193 e. The summed E-state index contributed by atoms with van der Waals surface area (Å²) in [6.07, 6.45) is 2.43. The topological polar surface area (TPSA) is 29.1 Å². The fourth-order valence-corrected chi connectivity index (χ4v) is 10.3. The van der Waals surface area contributed by atoms with Crippen molar-refractivity contribution in [2.24, 2.45) is 0 Å². The molecule has 3 aromatic heterocycles. The summed E-state index contributed by atoms with van der Waals surface area (Å²) in [4.78, 5) is 16.8. The van der Waals surface area contributed by atoms with Gasteiger partial charge in [-0.2, -0.15) is 22.7 Å². The van der Waals surface area contributed by atoms with Crippen molar-refractivity contribution < 1.29 is 4.79 Å². The molecule has 0 fully saturated rings. The normalized spacial score (nSPS) is 19.6. The van der Waals surface area contributed by atoms with E-state index >= 15 is 0 Å². The lowest BCUT2D eigenvalue weighted by atomic mass is 9.71. The molecule has 0 spiro atoms. The minimum absolute atomic E-state index is 0.0289. The molecule has 2 aliphatic heterocycles. The molecule has 220 valence electrons. The minimum atomic E-state index is -0.677. The van der Waals surface area contributed by atoms with Gasteiger partial charge in [0, 0.05) is 37.6 Å². The van der Waals surface area contributed by atoms with Crippen LogP contribution in [-0.4, -0.2) is 5.78 Å². The summed E-state index contributed by atoms with van der Waals surface area (Å²) in [5.74, 6) is 0.0289. The van der Waals surface area contributed by atoms with Crippen LogP contribution in [0.1, 0.15) is 43.1 Å². The van der Waals surface area contributed by atoms with Gasteiger partial charge in [-0.1, -0.05) is 115 Å². The zero-order valence-corrected chi connectivity index (χ0v) is 27.1. The molecule has 4 aromatic carbocycles. The third-order valence-electron chi connectivity index (χ3n) is 9.32. The van der Waals surface area contributed by atoms with Gasteiger partial charge in [-0.25, -0.2) is 0 Å². The van der Waals surface area contributed by atoms with Gasteiger partial charge >= 0.3 is 0 Å². The van der Waals surface area contributed by atoms with E-state index in [4.69, 9.17) is 0 Å². The van der Waals surface area contributed by atoms with Crippen molar-refractivity contribution in [1.82, 2.24) is 5.32 Å². The number of fused-ring (bicyclic) bond motifs is 5. The molecule has 0 saturated heterocycles. The Balaban J connectivity index is 1.40. The maximum absolute atomic E-state index is 14.2. The van der Waals surface area contributed by atoms with E-state index in [-0.39, 0.29) is 5.78 Å². The number of carbonyl (C=O) groups is 1. The zero-order chi connectivity index (χ0) is 30.7. The summed E-state index contributed by atoms with van der Waals surface area (Å²) in [5.41, 5.74) is 9.61. The molecule has 2 aliphatic rings. The van der Waals surface area contributed by atoms with Gasteiger partial charge in [-0.15, -0.1) is 11.3 Å². The number of hydrogen-bond donors (Lipinski definition) is 1. The van der Waals surface area contributed by atoms with E-state index in [9.17, 15) is 4.79 Å². The third-order valence-corrected chi connectivity index (χ3v) is 12.0. The number of hydrogen-bond acceptors (Lipinski definition) is 5. The van der Waals surface area contributed by atoms with Crippen molar-refractivity contribution in [2.75, 3.05) is 0 Å². The first-order chi connectivity index (χ1) is 22.7. The molecular weight excluding hydrogens is 619 g/mol. The van der Waals surface area contributed by atoms with E-state index in [1.165, 1.54) is 37.6 Å². The van der Waals surface area contributed by atoms with Crippen LogP contribution in [-0.2, 0) is 11.1 Å². The molecule has 5 heterocycles. The van der Waals surface area contributed by atoms with E-state index in [0.29, 0.717) is 11.1 Å². The van der Waals surface area contributed by atoms with E-state index in [1.54, 1.807) is 22.7 Å². The predicted octanol–water partition coefficient (Wildman–Crippen LogP) is 10.6. The molecule has 9 rings (SSSR count). The number of thiophene rings is 3. The number of ketones is 1. The Hall–Kier alpha value is -4.65. The van der Waals surface area contributed by atoms with Crippen molar-refractivity contribution in [3.05, 3.63) is 193 Å². The van der Waals surface area contributed by atoms with Gasteiger partial charge in [0.1, 0.15) is 5.54 Å². The highest BCUT2D eigenvalue weighted by Crippen LogP contribution is 2.66. The van der Waals surface area contributed by atoms with Gasteiger partial charge in [-0.05, 0) is 67.6 Å². The molecule has 2 atom stereocenters. The van der Waals surface area contributed by atoms with Gasteiger partial charge in [0.2, 0.25) is 0 Å². The van der Waals surface area contributed by atoms with Gasteiger partial charge in [0.05, 0.1) is 5.54 Å². The van der Waals surface area contributed by atoms with Gasteiger partial charge < -0.3 is 0 Å². The molecule has 0 saturated carbocycles. The predicted molar refractivity (Wildman–Crippen MR) is 193 cm³/mol. The summed E-state index contributed by atoms with van der Waals surface area (Å²) < 4.78 is 0. The standard InChI is InChI=1S/C41H27NOS3/c43-37(27-12-4-1-5-13-27)33-19-11-10-18-32(33)34-24-40(30-14-6-2-7-15-30)36-35(28-20-22-44-25-28)38(29-21-23-45-26-29)46-39(36)41(34,42-40)31-16-8-3-9-17-31/h1-26,42H. The van der Waals surface area contributed by atoms with Crippen LogP contribution in [0.3, 0.4) is 0 Å². The van der Waals surface area contributed by atoms with Crippen LogP contribution >= 0.6 is 34.0 Å². The second-order valence-electron chi connectivity index (χ2n) is 11.7. The summed E-state index contributed by atoms with van der Waals surface area (Å²) >= 11 is 5.35.